The Balaban J connectivity index is 2.73. The molecule has 1 aliphatic carbocycles. The average Bonchev–Trinajstić information content (AvgIpc) is 2.33. The molecule has 0 unspecified atom stereocenters. The fraction of sp³-hybridized carbons (Fsp3) is 0.182. The summed E-state index contributed by atoms with van der Waals surface area (Å²) in [7, 11) is 0. The van der Waals surface area contributed by atoms with Gasteiger partial charge >= 0.3 is 0 Å². The summed E-state index contributed by atoms with van der Waals surface area (Å²) < 4.78 is 0. The van der Waals surface area contributed by atoms with Crippen LogP contribution in [0.15, 0.2) is 29.8 Å². The molecule has 0 radical (unpaired) electrons. The van der Waals surface area contributed by atoms with Crippen LogP contribution in [0.4, 0.5) is 0 Å². The van der Waals surface area contributed by atoms with Gasteiger partial charge in [-0.3, -0.25) is 5.41 Å². The molecule has 0 heterocycles. The van der Waals surface area contributed by atoms with Crippen molar-refractivity contribution in [1.82, 2.24) is 0 Å². The molecule has 1 heteroatoms. The lowest BCUT2D eigenvalue weighted by Gasteiger charge is -1.97. The van der Waals surface area contributed by atoms with E-state index in [0.29, 0.717) is 5.71 Å². The van der Waals surface area contributed by atoms with Gasteiger partial charge in [0, 0.05) is 5.56 Å². The first-order valence-electron chi connectivity index (χ1n) is 4.08. The molecule has 1 aliphatic rings. The minimum Gasteiger partial charge on any atom is -0.300 e. The lowest BCUT2D eigenvalue weighted by atomic mass is 10.1. The van der Waals surface area contributed by atoms with Crippen LogP contribution in [0.1, 0.15) is 25.0 Å². The highest BCUT2D eigenvalue weighted by molar-refractivity contribution is 6.21. The summed E-state index contributed by atoms with van der Waals surface area (Å²) in [6.45, 7) is 4.09. The van der Waals surface area contributed by atoms with Gasteiger partial charge in [-0.15, -0.1) is 0 Å². The van der Waals surface area contributed by atoms with Gasteiger partial charge in [-0.1, -0.05) is 24.3 Å². The fourth-order valence-electron chi connectivity index (χ4n) is 1.62. The van der Waals surface area contributed by atoms with Crippen LogP contribution < -0.4 is 0 Å². The predicted molar refractivity (Wildman–Crippen MR) is 51.5 cm³/mol. The number of rotatable bonds is 0. The van der Waals surface area contributed by atoms with E-state index in [1.807, 2.05) is 25.1 Å². The van der Waals surface area contributed by atoms with Gasteiger partial charge in [0.1, 0.15) is 0 Å². The first kappa shape index (κ1) is 7.29. The Bertz CT molecular complexity index is 386. The molecule has 0 aliphatic heterocycles. The summed E-state index contributed by atoms with van der Waals surface area (Å²) in [6.07, 6.45) is 0. The maximum atomic E-state index is 7.81. The minimum absolute atomic E-state index is 0.683. The highest BCUT2D eigenvalue weighted by Gasteiger charge is 2.19. The van der Waals surface area contributed by atoms with Crippen LogP contribution in [0, 0.1) is 5.41 Å². The van der Waals surface area contributed by atoms with Crippen LogP contribution in [0.5, 0.6) is 0 Å². The van der Waals surface area contributed by atoms with E-state index in [0.717, 1.165) is 11.1 Å². The number of nitrogens with one attached hydrogen (secondary N) is 1. The maximum absolute atomic E-state index is 7.81. The highest BCUT2D eigenvalue weighted by Crippen LogP contribution is 2.31. The Morgan fingerprint density at radius 3 is 2.08 bits per heavy atom. The van der Waals surface area contributed by atoms with Gasteiger partial charge in [0.25, 0.3) is 0 Å². The van der Waals surface area contributed by atoms with Gasteiger partial charge in [-0.2, -0.15) is 0 Å². The van der Waals surface area contributed by atoms with E-state index in [1.165, 1.54) is 11.1 Å². The van der Waals surface area contributed by atoms with E-state index < -0.39 is 0 Å². The molecule has 1 N–H and O–H groups in total. The second-order valence-electron chi connectivity index (χ2n) is 3.17. The monoisotopic (exact) mass is 157 g/mol. The molecule has 1 aromatic carbocycles. The van der Waals surface area contributed by atoms with Gasteiger partial charge in [-0.05, 0) is 30.6 Å². The van der Waals surface area contributed by atoms with Crippen molar-refractivity contribution in [3.05, 3.63) is 41.0 Å². The normalized spacial score (nSPS) is 15.3. The van der Waals surface area contributed by atoms with Crippen molar-refractivity contribution >= 4 is 11.3 Å². The fourth-order valence-corrected chi connectivity index (χ4v) is 1.62. The van der Waals surface area contributed by atoms with Crippen LogP contribution in [0.3, 0.4) is 0 Å². The van der Waals surface area contributed by atoms with Crippen molar-refractivity contribution < 1.29 is 0 Å². The summed E-state index contributed by atoms with van der Waals surface area (Å²) in [6, 6.07) is 8.10. The van der Waals surface area contributed by atoms with Crippen LogP contribution in [-0.2, 0) is 0 Å². The Labute approximate surface area is 72.2 Å². The van der Waals surface area contributed by atoms with E-state index in [2.05, 4.69) is 13.0 Å². The van der Waals surface area contributed by atoms with E-state index in [1.54, 1.807) is 0 Å². The molecule has 0 spiro atoms. The third kappa shape index (κ3) is 0.765. The van der Waals surface area contributed by atoms with Crippen LogP contribution in [0.2, 0.25) is 0 Å². The third-order valence-electron chi connectivity index (χ3n) is 2.54. The van der Waals surface area contributed by atoms with Gasteiger partial charge in [0.2, 0.25) is 0 Å². The van der Waals surface area contributed by atoms with E-state index in [9.17, 15) is 0 Å². The van der Waals surface area contributed by atoms with E-state index in [4.69, 9.17) is 5.41 Å². The molecule has 0 atom stereocenters. The Morgan fingerprint density at radius 1 is 0.917 bits per heavy atom. The first-order chi connectivity index (χ1) is 5.72. The lowest BCUT2D eigenvalue weighted by Crippen LogP contribution is -1.94. The molecule has 1 nitrogen and oxygen atoms in total. The Kier molecular flexibility index (Phi) is 1.40. The summed E-state index contributed by atoms with van der Waals surface area (Å²) in [5, 5.41) is 7.81. The topological polar surface area (TPSA) is 23.9 Å². The summed E-state index contributed by atoms with van der Waals surface area (Å²) in [5.74, 6) is 0. The second-order valence-corrected chi connectivity index (χ2v) is 3.17. The smallest absolute Gasteiger partial charge is 0.0650 e. The molecule has 1 aromatic rings. The van der Waals surface area contributed by atoms with E-state index >= 15 is 0 Å². The molecule has 0 fully saturated rings. The highest BCUT2D eigenvalue weighted by atomic mass is 14.5. The zero-order valence-electron chi connectivity index (χ0n) is 7.31. The zero-order chi connectivity index (χ0) is 8.72. The number of fused-ring (bicyclic) bond motifs is 1. The number of benzene rings is 1. The van der Waals surface area contributed by atoms with Gasteiger partial charge in [-0.25, -0.2) is 0 Å². The molecule has 0 saturated carbocycles. The molecule has 0 saturated heterocycles. The Hall–Kier alpha value is -1.37. The van der Waals surface area contributed by atoms with Gasteiger partial charge in [0.15, 0.2) is 0 Å². The predicted octanol–water partition coefficient (Wildman–Crippen LogP) is 2.86. The zero-order valence-corrected chi connectivity index (χ0v) is 7.31. The molecule has 12 heavy (non-hydrogen) atoms. The maximum Gasteiger partial charge on any atom is 0.0650 e. The summed E-state index contributed by atoms with van der Waals surface area (Å²) >= 11 is 0. The van der Waals surface area contributed by atoms with Crippen molar-refractivity contribution in [2.24, 2.45) is 0 Å². The van der Waals surface area contributed by atoms with Crippen LogP contribution >= 0.6 is 0 Å². The van der Waals surface area contributed by atoms with Crippen molar-refractivity contribution in [3.63, 3.8) is 0 Å². The van der Waals surface area contributed by atoms with Crippen molar-refractivity contribution in [2.75, 3.05) is 0 Å². The molecule has 0 aromatic heterocycles. The molecular weight excluding hydrogens is 146 g/mol. The number of allylic oxidation sites excluding steroid dienone is 2. The summed E-state index contributed by atoms with van der Waals surface area (Å²) in [4.78, 5) is 0. The molecular formula is C11H11N. The van der Waals surface area contributed by atoms with Crippen LogP contribution in [0.25, 0.3) is 5.57 Å². The molecule has 0 bridgehead atoms. The number of hydrogen-bond acceptors (Lipinski definition) is 1. The number of hydrogen-bond donors (Lipinski definition) is 1. The lowest BCUT2D eigenvalue weighted by molar-refractivity contribution is 1.46. The molecule has 2 rings (SSSR count). The summed E-state index contributed by atoms with van der Waals surface area (Å²) in [5.41, 5.74) is 5.34. The largest absolute Gasteiger partial charge is 0.300 e. The quantitative estimate of drug-likeness (QED) is 0.598. The SMILES string of the molecule is CC1=C(C)c2ccccc2C1=N. The average molecular weight is 157 g/mol. The van der Waals surface area contributed by atoms with Gasteiger partial charge in [0.05, 0.1) is 5.71 Å². The third-order valence-corrected chi connectivity index (χ3v) is 2.54. The molecule has 60 valence electrons. The minimum atomic E-state index is 0.683. The van der Waals surface area contributed by atoms with Crippen molar-refractivity contribution in [3.8, 4) is 0 Å². The van der Waals surface area contributed by atoms with E-state index in [-0.39, 0.29) is 0 Å². The van der Waals surface area contributed by atoms with Crippen molar-refractivity contribution in [2.45, 2.75) is 13.8 Å². The van der Waals surface area contributed by atoms with Crippen LogP contribution in [-0.4, -0.2) is 5.71 Å². The molecule has 0 amide bonds. The van der Waals surface area contributed by atoms with Crippen molar-refractivity contribution in [1.29, 1.82) is 5.41 Å². The standard InChI is InChI=1S/C11H11N/c1-7-8(2)11(12)10-6-4-3-5-9(7)10/h3-6,12H,1-2H3. The Morgan fingerprint density at radius 2 is 1.50 bits per heavy atom. The van der Waals surface area contributed by atoms with Gasteiger partial charge < -0.3 is 0 Å². The first-order valence-corrected chi connectivity index (χ1v) is 4.08. The second kappa shape index (κ2) is 2.31.